The highest BCUT2D eigenvalue weighted by molar-refractivity contribution is 5.72. The summed E-state index contributed by atoms with van der Waals surface area (Å²) in [5, 5.41) is 9.64. The Morgan fingerprint density at radius 1 is 1.08 bits per heavy atom. The zero-order valence-electron chi connectivity index (χ0n) is 13.7. The molecule has 4 rings (SSSR count). The third-order valence-electron chi connectivity index (χ3n) is 3.87. The minimum atomic E-state index is 0.0275. The highest BCUT2D eigenvalue weighted by atomic mass is 16.7. The van der Waals surface area contributed by atoms with Crippen LogP contribution in [0.1, 0.15) is 11.1 Å². The van der Waals surface area contributed by atoms with Gasteiger partial charge in [-0.25, -0.2) is 4.98 Å². The number of nitrogen functional groups attached to an aromatic ring is 1. The Labute approximate surface area is 149 Å². The van der Waals surface area contributed by atoms with E-state index in [1.54, 1.807) is 18.2 Å². The van der Waals surface area contributed by atoms with Crippen molar-refractivity contribution in [2.45, 2.75) is 6.61 Å². The van der Waals surface area contributed by atoms with Gasteiger partial charge >= 0.3 is 0 Å². The molecule has 128 valence electrons. The zero-order valence-corrected chi connectivity index (χ0v) is 13.7. The van der Waals surface area contributed by atoms with E-state index in [1.165, 1.54) is 0 Å². The smallest absolute Gasteiger partial charge is 0.237 e. The first-order valence-corrected chi connectivity index (χ1v) is 7.89. The maximum absolute atomic E-state index is 9.64. The molecule has 1 aliphatic rings. The summed E-state index contributed by atoms with van der Waals surface area (Å²) in [4.78, 5) is 8.31. The van der Waals surface area contributed by atoms with E-state index < -0.39 is 0 Å². The molecule has 26 heavy (non-hydrogen) atoms. The number of hydrogen-bond acceptors (Lipinski definition) is 7. The van der Waals surface area contributed by atoms with Crippen molar-refractivity contribution in [2.24, 2.45) is 0 Å². The second kappa shape index (κ2) is 6.61. The summed E-state index contributed by atoms with van der Waals surface area (Å²) in [5.41, 5.74) is 8.07. The largest absolute Gasteiger partial charge is 0.472 e. The van der Waals surface area contributed by atoms with Crippen molar-refractivity contribution in [3.63, 3.8) is 0 Å². The lowest BCUT2D eigenvalue weighted by molar-refractivity contribution is 0.174. The van der Waals surface area contributed by atoms with Crippen LogP contribution in [0, 0.1) is 11.3 Å². The molecule has 2 heterocycles. The van der Waals surface area contributed by atoms with Gasteiger partial charge in [-0.15, -0.1) is 0 Å². The Bertz CT molecular complexity index is 1000. The lowest BCUT2D eigenvalue weighted by Crippen LogP contribution is -2.06. The van der Waals surface area contributed by atoms with Crippen LogP contribution < -0.4 is 19.9 Å². The van der Waals surface area contributed by atoms with Crippen LogP contribution in [0.25, 0.3) is 11.3 Å². The van der Waals surface area contributed by atoms with Gasteiger partial charge in [-0.2, -0.15) is 10.2 Å². The molecule has 0 aliphatic carbocycles. The Morgan fingerprint density at radius 2 is 1.88 bits per heavy atom. The average Bonchev–Trinajstić information content (AvgIpc) is 3.14. The van der Waals surface area contributed by atoms with Crippen LogP contribution >= 0.6 is 0 Å². The SMILES string of the molecule is N#Cc1c(OCc2ccccc2)nc(N)nc1-c1ccc2c(c1)OCO2. The van der Waals surface area contributed by atoms with Gasteiger partial charge in [0.1, 0.15) is 18.2 Å². The van der Waals surface area contributed by atoms with Crippen molar-refractivity contribution in [3.8, 4) is 34.7 Å². The summed E-state index contributed by atoms with van der Waals surface area (Å²) in [7, 11) is 0. The summed E-state index contributed by atoms with van der Waals surface area (Å²) < 4.78 is 16.4. The molecule has 0 radical (unpaired) electrons. The number of fused-ring (bicyclic) bond motifs is 1. The number of rotatable bonds is 4. The van der Waals surface area contributed by atoms with E-state index in [2.05, 4.69) is 16.0 Å². The van der Waals surface area contributed by atoms with Gasteiger partial charge in [0.05, 0.1) is 5.69 Å². The molecule has 0 spiro atoms. The predicted octanol–water partition coefficient (Wildman–Crippen LogP) is 2.91. The summed E-state index contributed by atoms with van der Waals surface area (Å²) in [6.45, 7) is 0.438. The molecule has 7 heteroatoms. The normalized spacial score (nSPS) is 11.8. The van der Waals surface area contributed by atoms with Crippen LogP contribution in [0.2, 0.25) is 0 Å². The third-order valence-corrected chi connectivity index (χ3v) is 3.87. The molecule has 1 aromatic heterocycles. The van der Waals surface area contributed by atoms with E-state index in [0.29, 0.717) is 22.8 Å². The fourth-order valence-electron chi connectivity index (χ4n) is 2.64. The number of nitrogens with zero attached hydrogens (tertiary/aromatic N) is 3. The van der Waals surface area contributed by atoms with Gasteiger partial charge < -0.3 is 19.9 Å². The summed E-state index contributed by atoms with van der Waals surface area (Å²) in [5.74, 6) is 1.42. The van der Waals surface area contributed by atoms with Gasteiger partial charge in [0, 0.05) is 5.56 Å². The first-order valence-electron chi connectivity index (χ1n) is 7.89. The fraction of sp³-hybridized carbons (Fsp3) is 0.105. The van der Waals surface area contributed by atoms with E-state index in [1.807, 2.05) is 30.3 Å². The highest BCUT2D eigenvalue weighted by Crippen LogP contribution is 2.37. The lowest BCUT2D eigenvalue weighted by Gasteiger charge is -2.11. The minimum Gasteiger partial charge on any atom is -0.472 e. The predicted molar refractivity (Wildman–Crippen MR) is 93.5 cm³/mol. The highest BCUT2D eigenvalue weighted by Gasteiger charge is 2.20. The standard InChI is InChI=1S/C19H14N4O3/c20-9-14-17(13-6-7-15-16(8-13)26-11-25-15)22-19(21)23-18(14)24-10-12-4-2-1-3-5-12/h1-8H,10-11H2,(H2,21,22,23). The van der Waals surface area contributed by atoms with Gasteiger partial charge in [0.15, 0.2) is 11.5 Å². The first kappa shape index (κ1) is 15.7. The monoisotopic (exact) mass is 346 g/mol. The van der Waals surface area contributed by atoms with Gasteiger partial charge in [0.25, 0.3) is 0 Å². The Balaban J connectivity index is 1.71. The van der Waals surface area contributed by atoms with Gasteiger partial charge in [-0.3, -0.25) is 0 Å². The summed E-state index contributed by atoms with van der Waals surface area (Å²) in [6, 6.07) is 17.0. The van der Waals surface area contributed by atoms with Crippen LogP contribution in [0.5, 0.6) is 17.4 Å². The number of nitriles is 1. The van der Waals surface area contributed by atoms with Crippen molar-refractivity contribution in [1.29, 1.82) is 5.26 Å². The van der Waals surface area contributed by atoms with Crippen LogP contribution in [0.15, 0.2) is 48.5 Å². The minimum absolute atomic E-state index is 0.0275. The van der Waals surface area contributed by atoms with Crippen LogP contribution in [0.3, 0.4) is 0 Å². The molecule has 0 saturated carbocycles. The van der Waals surface area contributed by atoms with Crippen molar-refractivity contribution in [1.82, 2.24) is 9.97 Å². The fourth-order valence-corrected chi connectivity index (χ4v) is 2.64. The topological polar surface area (TPSA) is 103 Å². The zero-order chi connectivity index (χ0) is 17.9. The Morgan fingerprint density at radius 3 is 2.69 bits per heavy atom. The third kappa shape index (κ3) is 2.96. The number of nitrogens with two attached hydrogens (primary N) is 1. The quantitative estimate of drug-likeness (QED) is 0.774. The molecule has 0 unspecified atom stereocenters. The number of anilines is 1. The van der Waals surface area contributed by atoms with Crippen LogP contribution in [-0.4, -0.2) is 16.8 Å². The molecular weight excluding hydrogens is 332 g/mol. The molecule has 2 N–H and O–H groups in total. The molecule has 0 saturated heterocycles. The number of benzene rings is 2. The molecule has 3 aromatic rings. The van der Waals surface area contributed by atoms with Gasteiger partial charge in [0.2, 0.25) is 18.6 Å². The molecule has 0 fully saturated rings. The lowest BCUT2D eigenvalue weighted by atomic mass is 10.1. The number of aromatic nitrogens is 2. The van der Waals surface area contributed by atoms with E-state index in [0.717, 1.165) is 5.56 Å². The molecule has 0 atom stereocenters. The van der Waals surface area contributed by atoms with E-state index in [-0.39, 0.29) is 30.8 Å². The second-order valence-electron chi connectivity index (χ2n) is 5.56. The van der Waals surface area contributed by atoms with Crippen molar-refractivity contribution < 1.29 is 14.2 Å². The molecular formula is C19H14N4O3. The number of ether oxygens (including phenoxy) is 3. The maximum Gasteiger partial charge on any atom is 0.237 e. The van der Waals surface area contributed by atoms with E-state index in [4.69, 9.17) is 19.9 Å². The van der Waals surface area contributed by atoms with Crippen molar-refractivity contribution >= 4 is 5.95 Å². The van der Waals surface area contributed by atoms with Crippen molar-refractivity contribution in [3.05, 3.63) is 59.7 Å². The number of hydrogen-bond donors (Lipinski definition) is 1. The first-order chi connectivity index (χ1) is 12.7. The summed E-state index contributed by atoms with van der Waals surface area (Å²) in [6.07, 6.45) is 0. The van der Waals surface area contributed by atoms with Gasteiger partial charge in [-0.05, 0) is 23.8 Å². The Hall–Kier alpha value is -3.79. The van der Waals surface area contributed by atoms with Crippen LogP contribution in [0.4, 0.5) is 5.95 Å². The molecule has 0 amide bonds. The molecule has 0 bridgehead atoms. The second-order valence-corrected chi connectivity index (χ2v) is 5.56. The molecule has 7 nitrogen and oxygen atoms in total. The average molecular weight is 346 g/mol. The maximum atomic E-state index is 9.64. The van der Waals surface area contributed by atoms with E-state index in [9.17, 15) is 5.26 Å². The molecule has 2 aromatic carbocycles. The van der Waals surface area contributed by atoms with Crippen LogP contribution in [-0.2, 0) is 6.61 Å². The summed E-state index contributed by atoms with van der Waals surface area (Å²) >= 11 is 0. The molecule has 1 aliphatic heterocycles. The van der Waals surface area contributed by atoms with Crippen molar-refractivity contribution in [2.75, 3.05) is 12.5 Å². The van der Waals surface area contributed by atoms with E-state index >= 15 is 0 Å². The Kier molecular flexibility index (Phi) is 4.00. The van der Waals surface area contributed by atoms with Gasteiger partial charge in [-0.1, -0.05) is 30.3 Å².